The SMILES string of the molecule is COc1ccc(COC(=O)C2=C(CSc3nc(N)cc(N)[n+]3C)CS[C@@H]3[C@H](NC(=O)/C(=C\P(=O)(OC)OC)c4csc(NC(c5ccccc5)(c5ccccc5)c5ccccc5)n4)C(=O)N23)cc1.[I-]. The van der Waals surface area contributed by atoms with Crippen LogP contribution in [-0.2, 0) is 51.9 Å². The van der Waals surface area contributed by atoms with E-state index < -0.39 is 42.3 Å². The second-order valence-electron chi connectivity index (χ2n) is 15.4. The van der Waals surface area contributed by atoms with Gasteiger partial charge < -0.3 is 64.6 Å². The van der Waals surface area contributed by atoms with E-state index in [1.807, 2.05) is 91.0 Å². The molecular weight excluding hydrogens is 1070 g/mol. The molecule has 21 heteroatoms. The van der Waals surface area contributed by atoms with Crippen LogP contribution in [0.2, 0.25) is 0 Å². The predicted octanol–water partition coefficient (Wildman–Crippen LogP) is 3.96. The maximum atomic E-state index is 14.6. The molecule has 2 aliphatic heterocycles. The fraction of sp³-hybridized carbons (Fsp3) is 0.208. The molecule has 6 N–H and O–H groups in total. The van der Waals surface area contributed by atoms with E-state index in [2.05, 4.69) is 15.6 Å². The van der Waals surface area contributed by atoms with Gasteiger partial charge in [-0.1, -0.05) is 108 Å². The summed E-state index contributed by atoms with van der Waals surface area (Å²) in [6.07, 6.45) is 0. The fourth-order valence-electron chi connectivity index (χ4n) is 7.77. The summed E-state index contributed by atoms with van der Waals surface area (Å²) < 4.78 is 37.0. The van der Waals surface area contributed by atoms with Gasteiger partial charge in [0.2, 0.25) is 11.6 Å². The molecule has 8 rings (SSSR count). The number of esters is 1. The lowest BCUT2D eigenvalue weighted by Gasteiger charge is -2.49. The van der Waals surface area contributed by atoms with Crippen LogP contribution in [0, 0.1) is 0 Å². The average molecular weight is 1120 g/mol. The number of hydrogen-bond acceptors (Lipinski definition) is 16. The van der Waals surface area contributed by atoms with Gasteiger partial charge in [-0.2, -0.15) is 0 Å². The number of β-lactam (4-membered cyclic amide) rings is 1. The number of hydrogen-bond donors (Lipinski definition) is 4. The van der Waals surface area contributed by atoms with E-state index in [1.165, 1.54) is 54.0 Å². The molecule has 0 unspecified atom stereocenters. The highest BCUT2D eigenvalue weighted by Gasteiger charge is 2.55. The van der Waals surface area contributed by atoms with Crippen LogP contribution in [0.15, 0.2) is 149 Å². The van der Waals surface area contributed by atoms with Crippen molar-refractivity contribution in [1.29, 1.82) is 0 Å². The number of rotatable bonds is 18. The molecule has 0 radical (unpaired) electrons. The number of nitrogen functional groups attached to an aromatic ring is 2. The smallest absolute Gasteiger partial charge is 0.355 e. The molecule has 0 spiro atoms. The molecular formula is C48H48IN8O8PS3. The summed E-state index contributed by atoms with van der Waals surface area (Å²) in [5.41, 5.74) is 15.4. The molecule has 4 aromatic carbocycles. The van der Waals surface area contributed by atoms with Gasteiger partial charge in [-0.05, 0) is 51.7 Å². The van der Waals surface area contributed by atoms with E-state index in [0.717, 1.165) is 22.5 Å². The number of halogens is 1. The minimum atomic E-state index is -4.00. The second kappa shape index (κ2) is 22.3. The number of carbonyl (C=O) groups is 3. The van der Waals surface area contributed by atoms with Crippen LogP contribution < -0.4 is 55.4 Å². The summed E-state index contributed by atoms with van der Waals surface area (Å²) in [5.74, 6) is 0.896. The molecule has 1 saturated heterocycles. The van der Waals surface area contributed by atoms with Gasteiger partial charge in [0.1, 0.15) is 35.0 Å². The van der Waals surface area contributed by atoms with Crippen molar-refractivity contribution >= 4 is 82.6 Å². The first-order valence-electron chi connectivity index (χ1n) is 21.0. The van der Waals surface area contributed by atoms with Gasteiger partial charge in [0.15, 0.2) is 5.13 Å². The number of nitrogens with zero attached hydrogens (tertiary/aromatic N) is 4. The number of aromatic nitrogens is 3. The molecule has 16 nitrogen and oxygen atoms in total. The van der Waals surface area contributed by atoms with Crippen molar-refractivity contribution in [2.45, 2.75) is 28.7 Å². The van der Waals surface area contributed by atoms with E-state index >= 15 is 0 Å². The Bertz CT molecular complexity index is 2830. The first-order valence-corrected chi connectivity index (χ1v) is 25.6. The standard InChI is InChI=1S/C48H47N8O8PS3.HI/c1-55-39(50)24-38(49)52-47(55)68-28-31-27-66-44-40(43(58)56(44)41(31)45(59)64-25-30-20-22-35(61-2)23-21-30)53-42(57)36(26-65(60,62-3)63-4)37-29-67-46(51-37)54-48(32-14-8-5-9-15-32,33-16-10-6-11-17-33)34-18-12-7-13-19-34;/h5-24,26,29,40,44H,25,27-28H2,1-4H3,(H5,49,50,51,53,54,57);1H/b36-26-;/t40-,44-;/m1./s1. The monoisotopic (exact) mass is 1120 g/mol. The van der Waals surface area contributed by atoms with Crippen LogP contribution in [0.25, 0.3) is 5.57 Å². The van der Waals surface area contributed by atoms with Gasteiger partial charge >= 0.3 is 18.7 Å². The predicted molar refractivity (Wildman–Crippen MR) is 264 cm³/mol. The third kappa shape index (κ3) is 10.9. The molecule has 358 valence electrons. The third-order valence-corrected chi connectivity index (χ3v) is 16.2. The van der Waals surface area contributed by atoms with Gasteiger partial charge in [0.25, 0.3) is 11.8 Å². The summed E-state index contributed by atoms with van der Waals surface area (Å²) in [7, 11) is 1.72. The summed E-state index contributed by atoms with van der Waals surface area (Å²) in [5, 5.41) is 8.46. The number of methoxy groups -OCH3 is 1. The van der Waals surface area contributed by atoms with Crippen molar-refractivity contribution in [3.8, 4) is 5.75 Å². The number of thiazole rings is 1. The van der Waals surface area contributed by atoms with Gasteiger partial charge in [-0.15, -0.1) is 23.1 Å². The molecule has 2 amide bonds. The highest BCUT2D eigenvalue weighted by Crippen LogP contribution is 2.51. The Morgan fingerprint density at radius 1 is 0.913 bits per heavy atom. The maximum Gasteiger partial charge on any atom is 0.355 e. The van der Waals surface area contributed by atoms with Crippen LogP contribution in [-0.4, -0.2) is 76.9 Å². The van der Waals surface area contributed by atoms with Gasteiger partial charge in [-0.25, -0.2) is 14.3 Å². The number of thioether (sulfide) groups is 2. The molecule has 0 saturated carbocycles. The molecule has 6 aromatic rings. The van der Waals surface area contributed by atoms with Crippen molar-refractivity contribution in [1.82, 2.24) is 20.2 Å². The number of carbonyl (C=O) groups excluding carboxylic acids is 3. The molecule has 2 aliphatic rings. The van der Waals surface area contributed by atoms with E-state index in [0.29, 0.717) is 38.7 Å². The number of benzene rings is 4. The zero-order valence-corrected chi connectivity index (χ0v) is 43.2. The van der Waals surface area contributed by atoms with Crippen LogP contribution in [0.5, 0.6) is 5.75 Å². The molecule has 0 bridgehead atoms. The summed E-state index contributed by atoms with van der Waals surface area (Å²) >= 11 is 3.90. The van der Waals surface area contributed by atoms with Gasteiger partial charge in [0.05, 0.1) is 31.5 Å². The van der Waals surface area contributed by atoms with Crippen molar-refractivity contribution in [2.24, 2.45) is 7.05 Å². The van der Waals surface area contributed by atoms with E-state index in [-0.39, 0.29) is 59.1 Å². The zero-order valence-electron chi connectivity index (χ0n) is 37.7. The lowest BCUT2D eigenvalue weighted by Crippen LogP contribution is -3.00. The van der Waals surface area contributed by atoms with Gasteiger partial charge in [0, 0.05) is 36.9 Å². The molecule has 4 heterocycles. The van der Waals surface area contributed by atoms with Gasteiger partial charge in [-0.3, -0.25) is 19.1 Å². The Balaban J connectivity index is 0.00000703. The highest BCUT2D eigenvalue weighted by atomic mass is 127. The molecule has 69 heavy (non-hydrogen) atoms. The number of nitrogens with two attached hydrogens (primary N) is 2. The fourth-order valence-corrected chi connectivity index (χ4v) is 12.0. The zero-order chi connectivity index (χ0) is 48.0. The Morgan fingerprint density at radius 3 is 2.07 bits per heavy atom. The van der Waals surface area contributed by atoms with Crippen molar-refractivity contribution in [3.05, 3.63) is 172 Å². The number of fused-ring (bicyclic) bond motifs is 1. The summed E-state index contributed by atoms with van der Waals surface area (Å²) in [4.78, 5) is 53.7. The largest absolute Gasteiger partial charge is 1.00 e. The average Bonchev–Trinajstić information content (AvgIpc) is 3.84. The van der Waals surface area contributed by atoms with Crippen molar-refractivity contribution < 1.29 is 66.0 Å². The van der Waals surface area contributed by atoms with Crippen LogP contribution in [0.4, 0.5) is 16.8 Å². The lowest BCUT2D eigenvalue weighted by molar-refractivity contribution is -0.698. The number of amides is 2. The van der Waals surface area contributed by atoms with E-state index in [4.69, 9.17) is 35.0 Å². The minimum Gasteiger partial charge on any atom is -1.00 e. The molecule has 2 atom stereocenters. The normalized spacial score (nSPS) is 15.9. The minimum absolute atomic E-state index is 0. The molecule has 0 aliphatic carbocycles. The Kier molecular flexibility index (Phi) is 16.6. The van der Waals surface area contributed by atoms with Crippen LogP contribution >= 0.6 is 42.5 Å². The molecule has 2 aromatic heterocycles. The quantitative estimate of drug-likeness (QED) is 0.0110. The second-order valence-corrected chi connectivity index (χ2v) is 20.4. The number of ether oxygens (including phenoxy) is 2. The first kappa shape index (κ1) is 51.1. The van der Waals surface area contributed by atoms with Crippen molar-refractivity contribution in [3.63, 3.8) is 0 Å². The summed E-state index contributed by atoms with van der Waals surface area (Å²) in [6, 6.07) is 37.4. The van der Waals surface area contributed by atoms with Crippen molar-refractivity contribution in [2.75, 3.05) is 49.6 Å². The maximum absolute atomic E-state index is 14.6. The van der Waals surface area contributed by atoms with Crippen LogP contribution in [0.1, 0.15) is 27.9 Å². The van der Waals surface area contributed by atoms with Crippen LogP contribution in [0.3, 0.4) is 0 Å². The Labute approximate surface area is 428 Å². The number of anilines is 3. The topological polar surface area (TPSA) is 214 Å². The highest BCUT2D eigenvalue weighted by molar-refractivity contribution is 8.01. The number of nitrogens with one attached hydrogen (secondary N) is 2. The Hall–Kier alpha value is -5.74. The van der Waals surface area contributed by atoms with E-state index in [1.54, 1.807) is 54.4 Å². The first-order chi connectivity index (χ1) is 32.9. The molecule has 1 fully saturated rings. The summed E-state index contributed by atoms with van der Waals surface area (Å²) in [6.45, 7) is -0.0735. The van der Waals surface area contributed by atoms with E-state index in [9.17, 15) is 18.9 Å². The third-order valence-electron chi connectivity index (χ3n) is 11.4. The lowest BCUT2D eigenvalue weighted by atomic mass is 9.77. The Morgan fingerprint density at radius 2 is 1.51 bits per heavy atom.